The van der Waals surface area contributed by atoms with Crippen LogP contribution < -0.4 is 4.74 Å². The number of halogens is 2. The van der Waals surface area contributed by atoms with Crippen molar-refractivity contribution in [3.8, 4) is 6.01 Å². The molecule has 0 spiro atoms. The molecule has 0 bridgehead atoms. The van der Waals surface area contributed by atoms with E-state index in [4.69, 9.17) is 49.7 Å². The molecule has 4 heterocycles. The topological polar surface area (TPSA) is 86.1 Å². The summed E-state index contributed by atoms with van der Waals surface area (Å²) in [6.07, 6.45) is 2.33. The van der Waals surface area contributed by atoms with E-state index in [-0.39, 0.29) is 47.9 Å². The zero-order valence-corrected chi connectivity index (χ0v) is 35.1. The van der Waals surface area contributed by atoms with Gasteiger partial charge >= 0.3 is 6.01 Å². The highest BCUT2D eigenvalue weighted by molar-refractivity contribution is 6.76. The van der Waals surface area contributed by atoms with Crippen molar-refractivity contribution in [2.24, 2.45) is 5.92 Å². The van der Waals surface area contributed by atoms with E-state index in [1.807, 2.05) is 10.6 Å². The lowest BCUT2D eigenvalue weighted by Crippen LogP contribution is -2.47. The van der Waals surface area contributed by atoms with Crippen molar-refractivity contribution in [3.63, 3.8) is 0 Å². The second kappa shape index (κ2) is 14.6. The van der Waals surface area contributed by atoms with Crippen LogP contribution in [0.5, 0.6) is 6.01 Å². The molecule has 0 N–H and O–H groups in total. The summed E-state index contributed by atoms with van der Waals surface area (Å²) in [7, 11) is -1.60. The summed E-state index contributed by atoms with van der Waals surface area (Å²) in [6.45, 7) is 20.7. The number of fused-ring (bicyclic) bond motifs is 3. The maximum absolute atomic E-state index is 15.8. The van der Waals surface area contributed by atoms with Crippen molar-refractivity contribution in [2.75, 3.05) is 33.5 Å². The van der Waals surface area contributed by atoms with E-state index in [2.05, 4.69) is 59.6 Å². The molecule has 1 saturated carbocycles. The minimum Gasteiger partial charge on any atom is -0.456 e. The first kappa shape index (κ1) is 38.4. The lowest BCUT2D eigenvalue weighted by atomic mass is 9.93. The van der Waals surface area contributed by atoms with Crippen LogP contribution in [0.15, 0.2) is 18.2 Å². The maximum Gasteiger partial charge on any atom is 0.301 e. The highest BCUT2D eigenvalue weighted by Crippen LogP contribution is 2.50. The van der Waals surface area contributed by atoms with Gasteiger partial charge in [0.15, 0.2) is 20.1 Å². The van der Waals surface area contributed by atoms with Crippen molar-refractivity contribution >= 4 is 39.2 Å². The normalized spacial score (nSPS) is 27.4. The Kier molecular flexibility index (Phi) is 10.8. The van der Waals surface area contributed by atoms with E-state index in [9.17, 15) is 0 Å². The van der Waals surface area contributed by atoms with Gasteiger partial charge in [0, 0.05) is 28.4 Å². The Hall–Kier alpha value is -1.91. The number of methoxy groups -OCH3 is 1. The lowest BCUT2D eigenvalue weighted by molar-refractivity contribution is 0.00687. The third-order valence-corrected chi connectivity index (χ3v) is 18.5. The molecule has 3 fully saturated rings. The summed E-state index contributed by atoms with van der Waals surface area (Å²) in [4.78, 5) is 9.98. The fourth-order valence-electron chi connectivity index (χ4n) is 7.79. The average Bonchev–Trinajstić information content (AvgIpc) is 3.33. The van der Waals surface area contributed by atoms with Crippen LogP contribution in [-0.2, 0) is 42.9 Å². The van der Waals surface area contributed by atoms with Gasteiger partial charge in [0.05, 0.1) is 30.0 Å². The molecule has 52 heavy (non-hydrogen) atoms. The molecule has 286 valence electrons. The number of pyridine rings is 1. The van der Waals surface area contributed by atoms with E-state index < -0.39 is 16.4 Å². The van der Waals surface area contributed by atoms with Gasteiger partial charge in [-0.15, -0.1) is 0 Å². The average molecular weight is 775 g/mol. The molecule has 9 nitrogen and oxygen atoms in total. The number of ether oxygens (including phenoxy) is 5. The van der Waals surface area contributed by atoms with Crippen LogP contribution in [0.2, 0.25) is 48.8 Å². The number of aryl methyl sites for hydroxylation is 1. The van der Waals surface area contributed by atoms with Crippen molar-refractivity contribution in [2.45, 2.75) is 133 Å². The minimum atomic E-state index is -2.02. The number of nitrogens with zero attached hydrogens (tertiary/aromatic N) is 3. The molecule has 2 aromatic heterocycles. The number of hydrogen-bond acceptors (Lipinski definition) is 8. The van der Waals surface area contributed by atoms with E-state index in [1.165, 1.54) is 0 Å². The molecule has 2 unspecified atom stereocenters. The summed E-state index contributed by atoms with van der Waals surface area (Å²) < 4.78 is 55.2. The van der Waals surface area contributed by atoms with E-state index in [0.717, 1.165) is 54.3 Å². The van der Waals surface area contributed by atoms with E-state index in [0.29, 0.717) is 60.3 Å². The third-order valence-electron chi connectivity index (χ3n) is 12.0. The Bertz CT molecular complexity index is 1780. The number of benzene rings is 1. The Morgan fingerprint density at radius 2 is 1.75 bits per heavy atom. The van der Waals surface area contributed by atoms with Gasteiger partial charge in [0.1, 0.15) is 30.3 Å². The van der Waals surface area contributed by atoms with Crippen molar-refractivity contribution in [1.82, 2.24) is 14.5 Å². The lowest BCUT2D eigenvalue weighted by Gasteiger charge is -2.39. The first-order chi connectivity index (χ1) is 24.5. The van der Waals surface area contributed by atoms with Crippen molar-refractivity contribution in [1.29, 1.82) is 0 Å². The molecule has 0 radical (unpaired) electrons. The smallest absolute Gasteiger partial charge is 0.301 e. The van der Waals surface area contributed by atoms with Crippen LogP contribution in [0.4, 0.5) is 4.39 Å². The summed E-state index contributed by atoms with van der Waals surface area (Å²) in [5.41, 5.74) is 5.00. The van der Waals surface area contributed by atoms with Gasteiger partial charge in [0.25, 0.3) is 0 Å². The first-order valence-corrected chi connectivity index (χ1v) is 26.0. The van der Waals surface area contributed by atoms with Gasteiger partial charge < -0.3 is 28.1 Å². The molecule has 2 saturated heterocycles. The zero-order chi connectivity index (χ0) is 37.2. The fourth-order valence-corrected chi connectivity index (χ4v) is 10.1. The summed E-state index contributed by atoms with van der Waals surface area (Å²) in [6, 6.07) is 7.25. The molecule has 2 aliphatic carbocycles. The van der Waals surface area contributed by atoms with Gasteiger partial charge in [-0.25, -0.2) is 9.37 Å². The Labute approximate surface area is 315 Å². The third kappa shape index (κ3) is 7.91. The van der Waals surface area contributed by atoms with Crippen LogP contribution in [0, 0.1) is 11.7 Å². The molecule has 13 heteroatoms. The van der Waals surface area contributed by atoms with E-state index in [1.54, 1.807) is 13.2 Å². The molecule has 2 aliphatic heterocycles. The Morgan fingerprint density at radius 1 is 1.02 bits per heavy atom. The number of hydrogen-bond donors (Lipinski definition) is 0. The monoisotopic (exact) mass is 773 g/mol. The van der Waals surface area contributed by atoms with Crippen LogP contribution in [-0.4, -0.2) is 88.9 Å². The number of imidazole rings is 1. The second-order valence-corrected chi connectivity index (χ2v) is 29.0. The Morgan fingerprint density at radius 3 is 2.46 bits per heavy atom. The Balaban J connectivity index is 1.12. The number of rotatable bonds is 14. The molecule has 1 aromatic carbocycles. The first-order valence-electron chi connectivity index (χ1n) is 19.0. The van der Waals surface area contributed by atoms with Crippen LogP contribution in [0.3, 0.4) is 0 Å². The molecule has 3 aromatic rings. The highest BCUT2D eigenvalue weighted by Gasteiger charge is 2.52. The molecule has 7 atom stereocenters. The predicted molar refractivity (Wildman–Crippen MR) is 206 cm³/mol. The van der Waals surface area contributed by atoms with E-state index >= 15 is 4.39 Å². The van der Waals surface area contributed by atoms with Gasteiger partial charge in [0.2, 0.25) is 0 Å². The molecule has 4 aliphatic rings. The minimum absolute atomic E-state index is 0.00543. The van der Waals surface area contributed by atoms with Gasteiger partial charge in [-0.05, 0) is 96.4 Å². The van der Waals surface area contributed by atoms with Gasteiger partial charge in [-0.2, -0.15) is 4.98 Å². The molecular weight excluding hydrogens is 717 g/mol. The molecular formula is C39H57ClFN3O6Si2. The van der Waals surface area contributed by atoms with Gasteiger partial charge in [-0.3, -0.25) is 4.57 Å². The predicted octanol–water partition coefficient (Wildman–Crippen LogP) is 8.49. The van der Waals surface area contributed by atoms with Crippen LogP contribution >= 0.6 is 11.6 Å². The molecule has 7 rings (SSSR count). The quantitative estimate of drug-likeness (QED) is 0.119. The van der Waals surface area contributed by atoms with Crippen LogP contribution in [0.25, 0.3) is 11.2 Å². The van der Waals surface area contributed by atoms with Crippen molar-refractivity contribution in [3.05, 3.63) is 51.4 Å². The largest absolute Gasteiger partial charge is 0.456 e. The van der Waals surface area contributed by atoms with Crippen LogP contribution in [0.1, 0.15) is 67.8 Å². The fraction of sp³-hybridized carbons (Fsp3) is 0.692. The van der Waals surface area contributed by atoms with Gasteiger partial charge in [-0.1, -0.05) is 58.1 Å². The number of aromatic nitrogens is 3. The summed E-state index contributed by atoms with van der Waals surface area (Å²) in [5, 5.41) is 0.596. The molecule has 0 amide bonds. The zero-order valence-electron chi connectivity index (χ0n) is 32.4. The standard InChI is InChI=1S/C39H57ClFN3O6Si2/c1-39(2,3)52(8,9)50-33-21-48-35-32(20-47-36(33)35)49-38-43-31-18-28(40)30(42-37(31)44(38)22-46-12-13-51(5,6)7)17-24-11-10-23-14-25(16-29(41)34(23)24)27-15-26(27)19-45-4/h14,16,18,24,26-27,32-33,35-36H,10-13,15,17,19-22H2,1-9H3/t24-,26?,27?,32-,33-,35-,36-/m1/s1. The summed E-state index contributed by atoms with van der Waals surface area (Å²) >= 11 is 6.92. The SMILES string of the molecule is COCC1CC1c1cc(F)c2c(c1)CC[C@@H]2Cc1nc2c(cc1Cl)nc(O[C@@H]1CO[C@H]3[C@@H]1OC[C@H]3O[Si](C)(C)C(C)(C)C)n2COCC[Si](C)(C)C. The maximum atomic E-state index is 15.8. The second-order valence-electron chi connectivity index (χ2n) is 18.2. The van der Waals surface area contributed by atoms with Crippen molar-refractivity contribution < 1.29 is 32.5 Å². The highest BCUT2D eigenvalue weighted by atomic mass is 35.5. The summed E-state index contributed by atoms with van der Waals surface area (Å²) in [5.74, 6) is 0.754.